The number of hydrogen-bond acceptors (Lipinski definition) is 0. The van der Waals surface area contributed by atoms with E-state index in [0.717, 1.165) is 5.92 Å². The molecular formula is C34H62. The second-order valence-electron chi connectivity index (χ2n) is 10.5. The Bertz CT molecular complexity index is 662. The molecule has 2 aromatic carbocycles. The third-order valence-electron chi connectivity index (χ3n) is 7.04. The number of aryl methyl sites for hydroxylation is 2. The standard InChI is InChI=1S/C20H26.C9H18.C2H6.3CH4/c1-5-6-15-20(4,18-11-7-16(2)8-12-18)19-13-9-17(3)10-14-19;1-8-4-6-9(2,3)7-5-8;1-2;;;/h7-14H,5-6,15H2,1-4H3;8H,4-7H2,1-3H3;1-2H3;3*1H4. The van der Waals surface area contributed by atoms with Crippen LogP contribution in [-0.2, 0) is 5.41 Å². The molecule has 1 aliphatic carbocycles. The molecule has 0 unspecified atom stereocenters. The van der Waals surface area contributed by atoms with Crippen LogP contribution in [0.25, 0.3) is 0 Å². The van der Waals surface area contributed by atoms with Gasteiger partial charge in [-0.05, 0) is 55.6 Å². The van der Waals surface area contributed by atoms with Gasteiger partial charge in [0.1, 0.15) is 0 Å². The Morgan fingerprint density at radius 3 is 1.41 bits per heavy atom. The molecule has 2 aromatic rings. The van der Waals surface area contributed by atoms with Crippen LogP contribution in [0.15, 0.2) is 48.5 Å². The minimum absolute atomic E-state index is 0. The molecule has 0 N–H and O–H groups in total. The van der Waals surface area contributed by atoms with Crippen molar-refractivity contribution >= 4 is 0 Å². The van der Waals surface area contributed by atoms with E-state index < -0.39 is 0 Å². The summed E-state index contributed by atoms with van der Waals surface area (Å²) in [5.74, 6) is 0.998. The molecule has 34 heavy (non-hydrogen) atoms. The molecule has 1 fully saturated rings. The van der Waals surface area contributed by atoms with Crippen molar-refractivity contribution in [3.8, 4) is 0 Å². The molecule has 1 aliphatic rings. The van der Waals surface area contributed by atoms with Gasteiger partial charge in [-0.3, -0.25) is 0 Å². The number of rotatable bonds is 5. The van der Waals surface area contributed by atoms with E-state index in [-0.39, 0.29) is 27.7 Å². The molecular weight excluding hydrogens is 408 g/mol. The molecule has 0 atom stereocenters. The van der Waals surface area contributed by atoms with Crippen molar-refractivity contribution in [3.63, 3.8) is 0 Å². The quantitative estimate of drug-likeness (QED) is 0.407. The topological polar surface area (TPSA) is 0 Å². The maximum Gasteiger partial charge on any atom is 0.0174 e. The Morgan fingerprint density at radius 2 is 1.12 bits per heavy atom. The third-order valence-corrected chi connectivity index (χ3v) is 7.04. The van der Waals surface area contributed by atoms with Crippen LogP contribution in [0, 0.1) is 25.2 Å². The van der Waals surface area contributed by atoms with Crippen LogP contribution in [0.2, 0.25) is 0 Å². The lowest BCUT2D eigenvalue weighted by molar-refractivity contribution is 0.201. The Morgan fingerprint density at radius 1 is 0.765 bits per heavy atom. The lowest BCUT2D eigenvalue weighted by atomic mass is 9.72. The summed E-state index contributed by atoms with van der Waals surface area (Å²) >= 11 is 0. The Hall–Kier alpha value is -1.56. The van der Waals surface area contributed by atoms with Gasteiger partial charge in [-0.15, -0.1) is 0 Å². The van der Waals surface area contributed by atoms with E-state index in [1.54, 1.807) is 0 Å². The molecule has 0 bridgehead atoms. The third kappa shape index (κ3) is 11.7. The van der Waals surface area contributed by atoms with E-state index in [9.17, 15) is 0 Å². The van der Waals surface area contributed by atoms with Gasteiger partial charge in [-0.25, -0.2) is 0 Å². The number of unbranched alkanes of at least 4 members (excludes halogenated alkanes) is 1. The summed E-state index contributed by atoms with van der Waals surface area (Å²) in [5.41, 5.74) is 6.30. The molecule has 198 valence electrons. The van der Waals surface area contributed by atoms with Crippen LogP contribution in [0.1, 0.15) is 138 Å². The van der Waals surface area contributed by atoms with Crippen LogP contribution in [0.4, 0.5) is 0 Å². The van der Waals surface area contributed by atoms with Gasteiger partial charge in [0.05, 0.1) is 0 Å². The molecule has 0 saturated heterocycles. The van der Waals surface area contributed by atoms with E-state index in [0.29, 0.717) is 5.41 Å². The van der Waals surface area contributed by atoms with Crippen molar-refractivity contribution in [2.75, 3.05) is 0 Å². The molecule has 3 rings (SSSR count). The van der Waals surface area contributed by atoms with Gasteiger partial charge in [0.25, 0.3) is 0 Å². The molecule has 0 heterocycles. The van der Waals surface area contributed by atoms with E-state index >= 15 is 0 Å². The van der Waals surface area contributed by atoms with Gasteiger partial charge in [0, 0.05) is 5.41 Å². The van der Waals surface area contributed by atoms with E-state index in [1.807, 2.05) is 13.8 Å². The van der Waals surface area contributed by atoms with E-state index in [1.165, 1.54) is 67.2 Å². The van der Waals surface area contributed by atoms with Crippen LogP contribution in [0.5, 0.6) is 0 Å². The first kappa shape index (κ1) is 37.0. The normalized spacial score (nSPS) is 14.5. The summed E-state index contributed by atoms with van der Waals surface area (Å²) < 4.78 is 0. The van der Waals surface area contributed by atoms with Gasteiger partial charge >= 0.3 is 0 Å². The maximum absolute atomic E-state index is 2.39. The van der Waals surface area contributed by atoms with Crippen LogP contribution >= 0.6 is 0 Å². The first-order chi connectivity index (χ1) is 14.7. The lowest BCUT2D eigenvalue weighted by Crippen LogP contribution is -2.23. The van der Waals surface area contributed by atoms with E-state index in [4.69, 9.17) is 0 Å². The van der Waals surface area contributed by atoms with Crippen molar-refractivity contribution in [1.29, 1.82) is 0 Å². The average molecular weight is 471 g/mol. The minimum Gasteiger partial charge on any atom is -0.0776 e. The average Bonchev–Trinajstić information content (AvgIpc) is 2.77. The van der Waals surface area contributed by atoms with Crippen molar-refractivity contribution in [2.45, 2.75) is 135 Å². The second kappa shape index (κ2) is 17.8. The monoisotopic (exact) mass is 470 g/mol. The Balaban J connectivity index is -0.000000586. The van der Waals surface area contributed by atoms with Gasteiger partial charge in [-0.2, -0.15) is 0 Å². The van der Waals surface area contributed by atoms with Crippen molar-refractivity contribution in [3.05, 3.63) is 70.8 Å². The number of benzene rings is 2. The largest absolute Gasteiger partial charge is 0.0776 e. The summed E-state index contributed by atoms with van der Waals surface area (Å²) in [6.07, 6.45) is 9.49. The highest BCUT2D eigenvalue weighted by Crippen LogP contribution is 2.38. The molecule has 0 heteroatoms. The van der Waals surface area contributed by atoms with Crippen molar-refractivity contribution in [1.82, 2.24) is 0 Å². The highest BCUT2D eigenvalue weighted by atomic mass is 14.3. The first-order valence-electron chi connectivity index (χ1n) is 12.8. The SMILES string of the molecule is C.C.C.CC.CC1CCC(C)(C)CC1.CCCCC(C)(c1ccc(C)cc1)c1ccc(C)cc1. The molecule has 0 aromatic heterocycles. The lowest BCUT2D eigenvalue weighted by Gasteiger charge is -2.32. The molecule has 0 spiro atoms. The molecule has 1 saturated carbocycles. The zero-order valence-electron chi connectivity index (χ0n) is 22.1. The van der Waals surface area contributed by atoms with Gasteiger partial charge < -0.3 is 0 Å². The van der Waals surface area contributed by atoms with Crippen LogP contribution < -0.4 is 0 Å². The predicted octanol–water partition coefficient (Wildman–Crippen LogP) is 12.0. The summed E-state index contributed by atoms with van der Waals surface area (Å²) in [6, 6.07) is 18.1. The zero-order valence-corrected chi connectivity index (χ0v) is 22.1. The van der Waals surface area contributed by atoms with Crippen molar-refractivity contribution in [2.24, 2.45) is 11.3 Å². The fourth-order valence-electron chi connectivity index (χ4n) is 4.37. The predicted molar refractivity (Wildman–Crippen MR) is 161 cm³/mol. The zero-order chi connectivity index (χ0) is 23.5. The molecule has 0 nitrogen and oxygen atoms in total. The van der Waals surface area contributed by atoms with E-state index in [2.05, 4.69) is 97.0 Å². The van der Waals surface area contributed by atoms with Gasteiger partial charge in [-0.1, -0.05) is 156 Å². The smallest absolute Gasteiger partial charge is 0.0174 e. The fourth-order valence-corrected chi connectivity index (χ4v) is 4.37. The van der Waals surface area contributed by atoms with Crippen LogP contribution in [-0.4, -0.2) is 0 Å². The van der Waals surface area contributed by atoms with Gasteiger partial charge in [0.15, 0.2) is 0 Å². The highest BCUT2D eigenvalue weighted by molar-refractivity contribution is 5.40. The summed E-state index contributed by atoms with van der Waals surface area (Å²) in [6.45, 7) is 20.1. The summed E-state index contributed by atoms with van der Waals surface area (Å²) in [5, 5.41) is 0. The second-order valence-corrected chi connectivity index (χ2v) is 10.5. The minimum atomic E-state index is 0. The molecule has 0 amide bonds. The van der Waals surface area contributed by atoms with Gasteiger partial charge in [0.2, 0.25) is 0 Å². The van der Waals surface area contributed by atoms with Crippen LogP contribution in [0.3, 0.4) is 0 Å². The maximum atomic E-state index is 2.39. The van der Waals surface area contributed by atoms with Crippen molar-refractivity contribution < 1.29 is 0 Å². The molecule has 0 aliphatic heterocycles. The summed E-state index contributed by atoms with van der Waals surface area (Å²) in [4.78, 5) is 0. The Kier molecular flexibility index (Phi) is 19.4. The Labute approximate surface area is 217 Å². The highest BCUT2D eigenvalue weighted by Gasteiger charge is 2.28. The summed E-state index contributed by atoms with van der Waals surface area (Å²) in [7, 11) is 0. The first-order valence-corrected chi connectivity index (χ1v) is 12.8. The fraction of sp³-hybridized carbons (Fsp3) is 0.647. The number of hydrogen-bond donors (Lipinski definition) is 0. The molecule has 0 radical (unpaired) electrons.